The van der Waals surface area contributed by atoms with Crippen LogP contribution >= 0.6 is 0 Å². The van der Waals surface area contributed by atoms with Gasteiger partial charge in [0.05, 0.1) is 0 Å². The van der Waals surface area contributed by atoms with Crippen molar-refractivity contribution in [1.29, 1.82) is 0 Å². The standard InChI is InChI=1S/C18H26/c1-5-17(6-2)13-14-18(7-3,8-4)16-12-10-9-11-15(16)17/h9-12H,5-8,13H2,1-4H3. The van der Waals surface area contributed by atoms with E-state index in [2.05, 4.69) is 58.4 Å². The maximum Gasteiger partial charge on any atom is 0.00191 e. The van der Waals surface area contributed by atoms with E-state index in [9.17, 15) is 0 Å². The zero-order valence-corrected chi connectivity index (χ0v) is 12.3. The summed E-state index contributed by atoms with van der Waals surface area (Å²) in [4.78, 5) is 0. The van der Waals surface area contributed by atoms with Crippen LogP contribution in [0.2, 0.25) is 0 Å². The van der Waals surface area contributed by atoms with Crippen molar-refractivity contribution >= 4 is 0 Å². The van der Waals surface area contributed by atoms with E-state index >= 15 is 0 Å². The third kappa shape index (κ3) is 1.81. The summed E-state index contributed by atoms with van der Waals surface area (Å²) >= 11 is 0. The van der Waals surface area contributed by atoms with Crippen LogP contribution in [0.5, 0.6) is 0 Å². The molecule has 0 saturated heterocycles. The lowest BCUT2D eigenvalue weighted by molar-refractivity contribution is 0.305. The fraction of sp³-hybridized carbons (Fsp3) is 0.611. The summed E-state index contributed by atoms with van der Waals surface area (Å²) in [7, 11) is 0. The first-order valence-electron chi connectivity index (χ1n) is 7.53. The molecule has 0 heterocycles. The minimum atomic E-state index is 0.199. The number of fused-ring (bicyclic) bond motifs is 1. The molecule has 2 radical (unpaired) electrons. The van der Waals surface area contributed by atoms with Crippen LogP contribution < -0.4 is 0 Å². The highest BCUT2D eigenvalue weighted by molar-refractivity contribution is 5.45. The molecule has 0 unspecified atom stereocenters. The summed E-state index contributed by atoms with van der Waals surface area (Å²) in [5, 5.41) is 0. The summed E-state index contributed by atoms with van der Waals surface area (Å²) in [5.74, 6) is 0. The van der Waals surface area contributed by atoms with Gasteiger partial charge in [-0.25, -0.2) is 0 Å². The molecule has 0 saturated carbocycles. The molecule has 98 valence electrons. The zero-order chi connectivity index (χ0) is 13.2. The van der Waals surface area contributed by atoms with Crippen LogP contribution in [0.4, 0.5) is 0 Å². The van der Waals surface area contributed by atoms with Gasteiger partial charge in [-0.2, -0.15) is 0 Å². The SMILES string of the molecule is CCC1(CC)[C]CC(CC)(CC)c2ccccc21. The van der Waals surface area contributed by atoms with E-state index in [1.165, 1.54) is 25.7 Å². The van der Waals surface area contributed by atoms with Crippen molar-refractivity contribution in [3.63, 3.8) is 0 Å². The van der Waals surface area contributed by atoms with Crippen LogP contribution in [0.25, 0.3) is 0 Å². The summed E-state index contributed by atoms with van der Waals surface area (Å²) in [6.07, 6.45) is 9.78. The highest BCUT2D eigenvalue weighted by atomic mass is 14.5. The number of hydrogen-bond donors (Lipinski definition) is 0. The van der Waals surface area contributed by atoms with Gasteiger partial charge in [-0.05, 0) is 55.1 Å². The molecular weight excluding hydrogens is 216 g/mol. The van der Waals surface area contributed by atoms with Gasteiger partial charge in [-0.15, -0.1) is 0 Å². The van der Waals surface area contributed by atoms with Gasteiger partial charge in [-0.1, -0.05) is 52.0 Å². The van der Waals surface area contributed by atoms with Gasteiger partial charge >= 0.3 is 0 Å². The van der Waals surface area contributed by atoms with E-state index in [0.29, 0.717) is 5.41 Å². The molecule has 0 fully saturated rings. The van der Waals surface area contributed by atoms with Gasteiger partial charge in [0.25, 0.3) is 0 Å². The Morgan fingerprint density at radius 2 is 1.44 bits per heavy atom. The number of rotatable bonds is 4. The van der Waals surface area contributed by atoms with Crippen molar-refractivity contribution < 1.29 is 0 Å². The van der Waals surface area contributed by atoms with Crippen molar-refractivity contribution in [2.45, 2.75) is 70.6 Å². The van der Waals surface area contributed by atoms with Gasteiger partial charge < -0.3 is 0 Å². The predicted octanol–water partition coefficient (Wildman–Crippen LogP) is 5.29. The first-order valence-corrected chi connectivity index (χ1v) is 7.53. The Hall–Kier alpha value is -0.780. The molecule has 0 heteroatoms. The van der Waals surface area contributed by atoms with E-state index in [1.807, 2.05) is 0 Å². The molecule has 0 atom stereocenters. The van der Waals surface area contributed by atoms with Crippen LogP contribution in [-0.4, -0.2) is 0 Å². The maximum atomic E-state index is 3.88. The molecule has 1 aliphatic carbocycles. The van der Waals surface area contributed by atoms with Gasteiger partial charge in [0.1, 0.15) is 0 Å². The topological polar surface area (TPSA) is 0 Å². The van der Waals surface area contributed by atoms with E-state index in [0.717, 1.165) is 6.42 Å². The quantitative estimate of drug-likeness (QED) is 0.673. The Morgan fingerprint density at radius 1 is 0.889 bits per heavy atom. The Balaban J connectivity index is 2.60. The lowest BCUT2D eigenvalue weighted by Gasteiger charge is -2.47. The van der Waals surface area contributed by atoms with Crippen LogP contribution in [0, 0.1) is 6.42 Å². The third-order valence-corrected chi connectivity index (χ3v) is 5.34. The molecule has 0 nitrogen and oxygen atoms in total. The largest absolute Gasteiger partial charge is 0.0645 e. The minimum absolute atomic E-state index is 0.199. The molecule has 0 N–H and O–H groups in total. The highest BCUT2D eigenvalue weighted by Crippen LogP contribution is 2.51. The van der Waals surface area contributed by atoms with Crippen molar-refractivity contribution in [3.8, 4) is 0 Å². The fourth-order valence-corrected chi connectivity index (χ4v) is 3.65. The minimum Gasteiger partial charge on any atom is -0.0645 e. The van der Waals surface area contributed by atoms with Crippen LogP contribution in [0.3, 0.4) is 0 Å². The van der Waals surface area contributed by atoms with Crippen LogP contribution in [0.1, 0.15) is 70.9 Å². The van der Waals surface area contributed by atoms with Crippen LogP contribution in [-0.2, 0) is 10.8 Å². The smallest absolute Gasteiger partial charge is 0.00191 e. The van der Waals surface area contributed by atoms with Crippen LogP contribution in [0.15, 0.2) is 24.3 Å². The Labute approximate surface area is 113 Å². The molecule has 0 aliphatic heterocycles. The summed E-state index contributed by atoms with van der Waals surface area (Å²) < 4.78 is 0. The number of hydrogen-bond acceptors (Lipinski definition) is 0. The van der Waals surface area contributed by atoms with Crippen molar-refractivity contribution in [2.24, 2.45) is 0 Å². The van der Waals surface area contributed by atoms with Gasteiger partial charge in [-0.3, -0.25) is 0 Å². The summed E-state index contributed by atoms with van der Waals surface area (Å²) in [6, 6.07) is 9.11. The lowest BCUT2D eigenvalue weighted by Crippen LogP contribution is -2.40. The molecule has 1 aliphatic rings. The molecule has 18 heavy (non-hydrogen) atoms. The Morgan fingerprint density at radius 3 is 1.94 bits per heavy atom. The van der Waals surface area contributed by atoms with Crippen molar-refractivity contribution in [3.05, 3.63) is 41.8 Å². The molecule has 1 aromatic rings. The predicted molar refractivity (Wildman–Crippen MR) is 78.8 cm³/mol. The molecular formula is C18H26. The zero-order valence-electron chi connectivity index (χ0n) is 12.3. The molecule has 0 spiro atoms. The average molecular weight is 242 g/mol. The van der Waals surface area contributed by atoms with Gasteiger partial charge in [0.15, 0.2) is 0 Å². The molecule has 0 bridgehead atoms. The molecule has 0 amide bonds. The summed E-state index contributed by atoms with van der Waals surface area (Å²) in [5.41, 5.74) is 3.68. The Kier molecular flexibility index (Phi) is 3.84. The van der Waals surface area contributed by atoms with Gasteiger partial charge in [0, 0.05) is 5.41 Å². The second-order valence-electron chi connectivity index (χ2n) is 5.68. The monoisotopic (exact) mass is 242 g/mol. The average Bonchev–Trinajstić information content (AvgIpc) is 2.46. The van der Waals surface area contributed by atoms with E-state index in [-0.39, 0.29) is 5.41 Å². The van der Waals surface area contributed by atoms with Crippen molar-refractivity contribution in [2.75, 3.05) is 0 Å². The maximum absolute atomic E-state index is 3.88. The number of benzene rings is 1. The van der Waals surface area contributed by atoms with E-state index in [4.69, 9.17) is 0 Å². The van der Waals surface area contributed by atoms with E-state index in [1.54, 1.807) is 11.1 Å². The molecule has 2 rings (SSSR count). The third-order valence-electron chi connectivity index (χ3n) is 5.34. The second-order valence-corrected chi connectivity index (χ2v) is 5.68. The molecule has 0 aromatic heterocycles. The second kappa shape index (κ2) is 5.07. The van der Waals surface area contributed by atoms with Gasteiger partial charge in [0.2, 0.25) is 0 Å². The highest BCUT2D eigenvalue weighted by Gasteiger charge is 2.43. The summed E-state index contributed by atoms with van der Waals surface area (Å²) in [6.45, 7) is 9.26. The molecule has 1 aromatic carbocycles. The van der Waals surface area contributed by atoms with Crippen molar-refractivity contribution in [1.82, 2.24) is 0 Å². The first-order chi connectivity index (χ1) is 8.68. The Bertz CT molecular complexity index is 355. The first kappa shape index (κ1) is 13.6. The fourth-order valence-electron chi connectivity index (χ4n) is 3.65. The van der Waals surface area contributed by atoms with E-state index < -0.39 is 0 Å². The normalized spacial score (nSPS) is 20.4. The lowest BCUT2D eigenvalue weighted by atomic mass is 9.57.